The lowest BCUT2D eigenvalue weighted by Gasteiger charge is -2.03. The smallest absolute Gasteiger partial charge is 0.329 e. The van der Waals surface area contributed by atoms with E-state index in [0.717, 1.165) is 16.7 Å². The first-order valence-electron chi connectivity index (χ1n) is 5.47. The first kappa shape index (κ1) is 12.9. The summed E-state index contributed by atoms with van der Waals surface area (Å²) < 4.78 is 6.97. The van der Waals surface area contributed by atoms with E-state index < -0.39 is 5.97 Å². The zero-order valence-electron chi connectivity index (χ0n) is 9.89. The molecule has 0 saturated carbocycles. The molecule has 0 aliphatic carbocycles. The predicted octanol–water partition coefficient (Wildman–Crippen LogP) is 1.87. The number of hydrogen-bond donors (Lipinski definition) is 1. The molecule has 0 aliphatic heterocycles. The van der Waals surface area contributed by atoms with Gasteiger partial charge in [-0.15, -0.1) is 0 Å². The quantitative estimate of drug-likeness (QED) is 0.841. The van der Waals surface area contributed by atoms with Gasteiger partial charge in [-0.2, -0.15) is 0 Å². The molecule has 0 aliphatic rings. The first-order valence-corrected chi connectivity index (χ1v) is 5.85. The van der Waals surface area contributed by atoms with Gasteiger partial charge in [0.15, 0.2) is 0 Å². The summed E-state index contributed by atoms with van der Waals surface area (Å²) in [5.74, 6) is -0.958. The summed E-state index contributed by atoms with van der Waals surface area (Å²) in [5.41, 5.74) is 1.89. The number of fused-ring (bicyclic) bond motifs is 1. The molecule has 0 radical (unpaired) electrons. The van der Waals surface area contributed by atoms with Gasteiger partial charge in [0.2, 0.25) is 0 Å². The number of carbonyl (C=O) groups is 1. The Morgan fingerprint density at radius 1 is 1.56 bits per heavy atom. The Morgan fingerprint density at radius 3 is 3.06 bits per heavy atom. The maximum absolute atomic E-state index is 10.3. The third kappa shape index (κ3) is 2.80. The maximum atomic E-state index is 10.3. The topological polar surface area (TPSA) is 64.3 Å². The average molecular weight is 269 g/mol. The van der Waals surface area contributed by atoms with Gasteiger partial charge in [0.05, 0.1) is 11.6 Å². The lowest BCUT2D eigenvalue weighted by atomic mass is 10.3. The van der Waals surface area contributed by atoms with Gasteiger partial charge in [-0.25, -0.2) is 9.78 Å². The highest BCUT2D eigenvalue weighted by molar-refractivity contribution is 6.31. The minimum Gasteiger partial charge on any atom is -0.480 e. The number of hydrogen-bond acceptors (Lipinski definition) is 3. The van der Waals surface area contributed by atoms with Crippen LogP contribution in [-0.2, 0) is 23.0 Å². The van der Waals surface area contributed by atoms with Gasteiger partial charge in [-0.3, -0.25) is 0 Å². The minimum atomic E-state index is -0.958. The molecular formula is C12H13ClN2O3. The van der Waals surface area contributed by atoms with Crippen LogP contribution in [0, 0.1) is 0 Å². The third-order valence-electron chi connectivity index (χ3n) is 2.66. The van der Waals surface area contributed by atoms with Crippen LogP contribution in [0.15, 0.2) is 18.3 Å². The zero-order chi connectivity index (χ0) is 13.1. The Morgan fingerprint density at radius 2 is 2.33 bits per heavy atom. The van der Waals surface area contributed by atoms with Crippen LogP contribution in [0.2, 0.25) is 5.02 Å². The second kappa shape index (κ2) is 5.37. The lowest BCUT2D eigenvalue weighted by Crippen LogP contribution is -2.10. The van der Waals surface area contributed by atoms with Crippen molar-refractivity contribution in [1.29, 1.82) is 0 Å². The normalized spacial score (nSPS) is 11.0. The van der Waals surface area contributed by atoms with Crippen LogP contribution >= 0.6 is 11.6 Å². The average Bonchev–Trinajstić information content (AvgIpc) is 2.61. The molecule has 2 aromatic rings. The van der Waals surface area contributed by atoms with E-state index in [4.69, 9.17) is 21.4 Å². The number of aryl methyl sites for hydroxylation is 1. The van der Waals surface area contributed by atoms with Crippen LogP contribution in [0.25, 0.3) is 11.0 Å². The van der Waals surface area contributed by atoms with E-state index in [1.165, 1.54) is 0 Å². The Balaban J connectivity index is 2.09. The molecule has 96 valence electrons. The van der Waals surface area contributed by atoms with Gasteiger partial charge < -0.3 is 14.4 Å². The molecule has 0 aromatic carbocycles. The van der Waals surface area contributed by atoms with Crippen molar-refractivity contribution in [2.24, 2.45) is 7.05 Å². The van der Waals surface area contributed by atoms with Crippen LogP contribution in [0.5, 0.6) is 0 Å². The van der Waals surface area contributed by atoms with Crippen molar-refractivity contribution >= 4 is 28.6 Å². The number of nitrogens with zero attached hydrogens (tertiary/aromatic N) is 2. The SMILES string of the molecule is Cn1c(CCOCC(=O)O)cc2cc(Cl)cnc21. The molecule has 2 aromatic heterocycles. The van der Waals surface area contributed by atoms with Crippen molar-refractivity contribution in [2.75, 3.05) is 13.2 Å². The zero-order valence-corrected chi connectivity index (χ0v) is 10.6. The molecule has 0 atom stereocenters. The van der Waals surface area contributed by atoms with Gasteiger partial charge in [0.1, 0.15) is 12.3 Å². The Bertz CT molecular complexity index is 580. The lowest BCUT2D eigenvalue weighted by molar-refractivity contribution is -0.142. The van der Waals surface area contributed by atoms with E-state index in [-0.39, 0.29) is 6.61 Å². The fraction of sp³-hybridized carbons (Fsp3) is 0.333. The van der Waals surface area contributed by atoms with E-state index in [1.54, 1.807) is 6.20 Å². The van der Waals surface area contributed by atoms with E-state index in [1.807, 2.05) is 23.7 Å². The fourth-order valence-corrected chi connectivity index (χ4v) is 1.99. The number of carboxylic acid groups (broad SMARTS) is 1. The largest absolute Gasteiger partial charge is 0.480 e. The van der Waals surface area contributed by atoms with E-state index >= 15 is 0 Å². The fourth-order valence-electron chi connectivity index (χ4n) is 1.82. The van der Waals surface area contributed by atoms with Crippen LogP contribution in [0.4, 0.5) is 0 Å². The van der Waals surface area contributed by atoms with Gasteiger partial charge in [0.25, 0.3) is 0 Å². The molecule has 0 spiro atoms. The number of rotatable bonds is 5. The summed E-state index contributed by atoms with van der Waals surface area (Å²) in [7, 11) is 1.91. The van der Waals surface area contributed by atoms with Gasteiger partial charge >= 0.3 is 5.97 Å². The summed E-state index contributed by atoms with van der Waals surface area (Å²) in [5, 5.41) is 10.0. The molecule has 5 nitrogen and oxygen atoms in total. The molecular weight excluding hydrogens is 256 g/mol. The molecule has 2 heterocycles. The molecule has 0 saturated heterocycles. The molecule has 0 unspecified atom stereocenters. The van der Waals surface area contributed by atoms with Gasteiger partial charge in [-0.1, -0.05) is 11.6 Å². The third-order valence-corrected chi connectivity index (χ3v) is 2.87. The number of carboxylic acids is 1. The highest BCUT2D eigenvalue weighted by Crippen LogP contribution is 2.20. The maximum Gasteiger partial charge on any atom is 0.329 e. The van der Waals surface area contributed by atoms with Crippen LogP contribution in [-0.4, -0.2) is 33.8 Å². The summed E-state index contributed by atoms with van der Waals surface area (Å²) >= 11 is 5.88. The summed E-state index contributed by atoms with van der Waals surface area (Å²) in [4.78, 5) is 14.6. The van der Waals surface area contributed by atoms with Crippen molar-refractivity contribution in [3.05, 3.63) is 29.0 Å². The van der Waals surface area contributed by atoms with Crippen molar-refractivity contribution < 1.29 is 14.6 Å². The van der Waals surface area contributed by atoms with Gasteiger partial charge in [0, 0.05) is 30.7 Å². The molecule has 0 fully saturated rings. The molecule has 0 bridgehead atoms. The van der Waals surface area contributed by atoms with E-state index in [9.17, 15) is 4.79 Å². The molecule has 0 amide bonds. The second-order valence-corrected chi connectivity index (χ2v) is 4.39. The number of aromatic nitrogens is 2. The standard InChI is InChI=1S/C12H13ClN2O3/c1-15-10(2-3-18-7-11(16)17)5-8-4-9(13)6-14-12(8)15/h4-6H,2-3,7H2,1H3,(H,16,17). The Hall–Kier alpha value is -1.59. The monoisotopic (exact) mass is 268 g/mol. The minimum absolute atomic E-state index is 0.270. The number of ether oxygens (including phenoxy) is 1. The summed E-state index contributed by atoms with van der Waals surface area (Å²) in [6.07, 6.45) is 2.24. The number of halogens is 1. The number of aliphatic carboxylic acids is 1. The van der Waals surface area contributed by atoms with E-state index in [0.29, 0.717) is 18.1 Å². The van der Waals surface area contributed by atoms with Crippen molar-refractivity contribution in [3.63, 3.8) is 0 Å². The highest BCUT2D eigenvalue weighted by atomic mass is 35.5. The van der Waals surface area contributed by atoms with Crippen LogP contribution in [0.1, 0.15) is 5.69 Å². The molecule has 18 heavy (non-hydrogen) atoms. The second-order valence-electron chi connectivity index (χ2n) is 3.96. The van der Waals surface area contributed by atoms with Crippen LogP contribution in [0.3, 0.4) is 0 Å². The van der Waals surface area contributed by atoms with Crippen molar-refractivity contribution in [3.8, 4) is 0 Å². The van der Waals surface area contributed by atoms with Gasteiger partial charge in [-0.05, 0) is 12.1 Å². The van der Waals surface area contributed by atoms with E-state index in [2.05, 4.69) is 4.98 Å². The van der Waals surface area contributed by atoms with Crippen LogP contribution < -0.4 is 0 Å². The Kier molecular flexibility index (Phi) is 3.84. The van der Waals surface area contributed by atoms with Crippen molar-refractivity contribution in [1.82, 2.24) is 9.55 Å². The predicted molar refractivity (Wildman–Crippen MR) is 67.9 cm³/mol. The Labute approximate surface area is 109 Å². The molecule has 6 heteroatoms. The first-order chi connectivity index (χ1) is 8.58. The van der Waals surface area contributed by atoms with Crippen molar-refractivity contribution in [2.45, 2.75) is 6.42 Å². The summed E-state index contributed by atoms with van der Waals surface area (Å²) in [6.45, 7) is 0.0955. The molecule has 1 N–H and O–H groups in total. The highest BCUT2D eigenvalue weighted by Gasteiger charge is 2.07. The summed E-state index contributed by atoms with van der Waals surface area (Å²) in [6, 6.07) is 3.84. The number of pyridine rings is 1. The molecule has 2 rings (SSSR count).